The number of furan rings is 1. The van der Waals surface area contributed by atoms with E-state index in [1.54, 1.807) is 25.4 Å². The SMILES string of the molecule is C=CCC(CC(C)CC)Nc1cc2c(Cc3ccc(C(=O)NC)cn3)c(C#N)oc2cn1. The fraction of sp³-hybridized carbons (Fsp3) is 0.360. The number of hydrogen-bond acceptors (Lipinski definition) is 6. The second-order valence-corrected chi connectivity index (χ2v) is 8.00. The van der Waals surface area contributed by atoms with E-state index in [1.807, 2.05) is 12.1 Å². The van der Waals surface area contributed by atoms with E-state index < -0.39 is 0 Å². The molecule has 0 aliphatic rings. The number of rotatable bonds is 10. The number of nitriles is 1. The molecule has 0 saturated heterocycles. The number of fused-ring (bicyclic) bond motifs is 1. The van der Waals surface area contributed by atoms with Gasteiger partial charge in [0.2, 0.25) is 5.76 Å². The van der Waals surface area contributed by atoms with Gasteiger partial charge in [0.15, 0.2) is 5.58 Å². The Kier molecular flexibility index (Phi) is 7.61. The Hall–Kier alpha value is -3.66. The van der Waals surface area contributed by atoms with Crippen LogP contribution in [-0.4, -0.2) is 29.0 Å². The molecule has 0 aliphatic carbocycles. The normalized spacial score (nSPS) is 12.7. The van der Waals surface area contributed by atoms with Crippen LogP contribution in [0, 0.1) is 17.2 Å². The molecule has 0 aromatic carbocycles. The highest BCUT2D eigenvalue weighted by molar-refractivity contribution is 5.93. The average molecular weight is 432 g/mol. The van der Waals surface area contributed by atoms with Crippen LogP contribution in [0.1, 0.15) is 60.5 Å². The lowest BCUT2D eigenvalue weighted by atomic mass is 9.97. The van der Waals surface area contributed by atoms with Gasteiger partial charge in [0.1, 0.15) is 11.9 Å². The third kappa shape index (κ3) is 5.33. The van der Waals surface area contributed by atoms with Gasteiger partial charge >= 0.3 is 0 Å². The molecule has 0 fully saturated rings. The molecule has 2 N–H and O–H groups in total. The second kappa shape index (κ2) is 10.6. The van der Waals surface area contributed by atoms with E-state index in [2.05, 4.69) is 47.1 Å². The number of nitrogens with one attached hydrogen (secondary N) is 2. The van der Waals surface area contributed by atoms with Crippen molar-refractivity contribution in [3.63, 3.8) is 0 Å². The minimum Gasteiger partial charge on any atom is -0.444 e. The predicted octanol–water partition coefficient (Wildman–Crippen LogP) is 4.84. The maximum absolute atomic E-state index is 11.7. The van der Waals surface area contributed by atoms with E-state index in [0.717, 1.165) is 41.7 Å². The molecule has 0 aliphatic heterocycles. The summed E-state index contributed by atoms with van der Waals surface area (Å²) in [7, 11) is 1.58. The van der Waals surface area contributed by atoms with Crippen molar-refractivity contribution in [1.82, 2.24) is 15.3 Å². The van der Waals surface area contributed by atoms with Crippen molar-refractivity contribution in [2.24, 2.45) is 5.92 Å². The van der Waals surface area contributed by atoms with Gasteiger partial charge in [0.05, 0.1) is 11.8 Å². The van der Waals surface area contributed by atoms with Gasteiger partial charge in [-0.3, -0.25) is 9.78 Å². The summed E-state index contributed by atoms with van der Waals surface area (Å²) in [5, 5.41) is 16.5. The molecular formula is C25H29N5O2. The Morgan fingerprint density at radius 1 is 1.34 bits per heavy atom. The van der Waals surface area contributed by atoms with E-state index in [0.29, 0.717) is 23.5 Å². The number of anilines is 1. The predicted molar refractivity (Wildman–Crippen MR) is 125 cm³/mol. The number of hydrogen-bond donors (Lipinski definition) is 2. The van der Waals surface area contributed by atoms with Gasteiger partial charge in [-0.05, 0) is 37.0 Å². The first kappa shape index (κ1) is 23.0. The lowest BCUT2D eigenvalue weighted by molar-refractivity contribution is 0.0962. The van der Waals surface area contributed by atoms with Gasteiger partial charge in [0.25, 0.3) is 5.91 Å². The molecule has 32 heavy (non-hydrogen) atoms. The Balaban J connectivity index is 1.90. The second-order valence-electron chi connectivity index (χ2n) is 8.00. The fourth-order valence-electron chi connectivity index (χ4n) is 3.66. The van der Waals surface area contributed by atoms with Crippen LogP contribution in [0.25, 0.3) is 11.0 Å². The lowest BCUT2D eigenvalue weighted by Gasteiger charge is -2.21. The highest BCUT2D eigenvalue weighted by Crippen LogP contribution is 2.29. The van der Waals surface area contributed by atoms with Crippen LogP contribution in [0.5, 0.6) is 0 Å². The Bertz CT molecular complexity index is 1130. The van der Waals surface area contributed by atoms with E-state index in [9.17, 15) is 10.1 Å². The molecular weight excluding hydrogens is 402 g/mol. The number of pyridine rings is 2. The van der Waals surface area contributed by atoms with Crippen molar-refractivity contribution in [1.29, 1.82) is 5.26 Å². The van der Waals surface area contributed by atoms with Crippen molar-refractivity contribution in [3.05, 3.63) is 65.8 Å². The molecule has 3 aromatic heterocycles. The number of carbonyl (C=O) groups excluding carboxylic acids is 1. The van der Waals surface area contributed by atoms with Gasteiger partial charge in [-0.15, -0.1) is 6.58 Å². The molecule has 0 radical (unpaired) electrons. The highest BCUT2D eigenvalue weighted by atomic mass is 16.3. The highest BCUT2D eigenvalue weighted by Gasteiger charge is 2.18. The standard InChI is InChI=1S/C25H29N5O2/c1-5-7-19(10-16(3)6-2)30-24-12-21-20(22(13-26)32-23(21)15-29-24)11-18-9-8-17(14-28-18)25(31)27-4/h5,8-9,12,14-16,19H,1,6-7,10-11H2,2-4H3,(H,27,31)(H,29,30). The first-order valence-corrected chi connectivity index (χ1v) is 10.8. The summed E-state index contributed by atoms with van der Waals surface area (Å²) in [5.41, 5.74) is 2.55. The number of amides is 1. The number of aromatic nitrogens is 2. The zero-order valence-electron chi connectivity index (χ0n) is 18.8. The molecule has 166 valence electrons. The van der Waals surface area contributed by atoms with Crippen molar-refractivity contribution in [2.75, 3.05) is 12.4 Å². The molecule has 3 heterocycles. The molecule has 0 saturated carbocycles. The fourth-order valence-corrected chi connectivity index (χ4v) is 3.66. The zero-order chi connectivity index (χ0) is 23.1. The van der Waals surface area contributed by atoms with Gasteiger partial charge in [-0.2, -0.15) is 5.26 Å². The quantitative estimate of drug-likeness (QED) is 0.445. The number of carbonyl (C=O) groups is 1. The van der Waals surface area contributed by atoms with Gasteiger partial charge in [0, 0.05) is 42.4 Å². The topological polar surface area (TPSA) is 104 Å². The van der Waals surface area contributed by atoms with E-state index in [4.69, 9.17) is 4.42 Å². The van der Waals surface area contributed by atoms with Crippen LogP contribution in [-0.2, 0) is 6.42 Å². The van der Waals surface area contributed by atoms with Gasteiger partial charge in [-0.25, -0.2) is 4.98 Å². The van der Waals surface area contributed by atoms with E-state index in [1.165, 1.54) is 6.20 Å². The third-order valence-corrected chi connectivity index (χ3v) is 5.64. The first-order valence-electron chi connectivity index (χ1n) is 10.8. The third-order valence-electron chi connectivity index (χ3n) is 5.64. The minimum absolute atomic E-state index is 0.191. The average Bonchev–Trinajstić information content (AvgIpc) is 3.15. The van der Waals surface area contributed by atoms with Crippen LogP contribution in [0.4, 0.5) is 5.82 Å². The Labute approximate surface area is 188 Å². The summed E-state index contributed by atoms with van der Waals surface area (Å²) in [6, 6.07) is 7.81. The van der Waals surface area contributed by atoms with Crippen LogP contribution < -0.4 is 10.6 Å². The summed E-state index contributed by atoms with van der Waals surface area (Å²) < 4.78 is 5.73. The number of nitrogens with zero attached hydrogens (tertiary/aromatic N) is 3. The summed E-state index contributed by atoms with van der Waals surface area (Å²) in [4.78, 5) is 20.6. The van der Waals surface area contributed by atoms with Crippen LogP contribution in [0.2, 0.25) is 0 Å². The van der Waals surface area contributed by atoms with Gasteiger partial charge < -0.3 is 15.1 Å². The van der Waals surface area contributed by atoms with E-state index in [-0.39, 0.29) is 17.7 Å². The van der Waals surface area contributed by atoms with E-state index >= 15 is 0 Å². The summed E-state index contributed by atoms with van der Waals surface area (Å²) in [5.74, 6) is 1.39. The summed E-state index contributed by atoms with van der Waals surface area (Å²) in [6.07, 6.45) is 8.49. The van der Waals surface area contributed by atoms with Gasteiger partial charge in [-0.1, -0.05) is 26.3 Å². The van der Waals surface area contributed by atoms with Crippen molar-refractivity contribution >= 4 is 22.7 Å². The maximum Gasteiger partial charge on any atom is 0.252 e. The molecule has 3 rings (SSSR count). The summed E-state index contributed by atoms with van der Waals surface area (Å²) in [6.45, 7) is 8.31. The van der Waals surface area contributed by atoms with Crippen LogP contribution in [0.3, 0.4) is 0 Å². The summed E-state index contributed by atoms with van der Waals surface area (Å²) >= 11 is 0. The Morgan fingerprint density at radius 2 is 2.16 bits per heavy atom. The van der Waals surface area contributed by atoms with Crippen molar-refractivity contribution in [3.8, 4) is 6.07 Å². The minimum atomic E-state index is -0.191. The molecule has 0 bridgehead atoms. The van der Waals surface area contributed by atoms with Crippen molar-refractivity contribution < 1.29 is 9.21 Å². The van der Waals surface area contributed by atoms with Crippen LogP contribution >= 0.6 is 0 Å². The molecule has 3 aromatic rings. The largest absolute Gasteiger partial charge is 0.444 e. The molecule has 1 amide bonds. The molecule has 2 atom stereocenters. The first-order chi connectivity index (χ1) is 15.5. The van der Waals surface area contributed by atoms with Crippen LogP contribution in [0.15, 0.2) is 47.7 Å². The lowest BCUT2D eigenvalue weighted by Crippen LogP contribution is -2.22. The maximum atomic E-state index is 11.7. The monoisotopic (exact) mass is 431 g/mol. The van der Waals surface area contributed by atoms with Crippen molar-refractivity contribution in [2.45, 2.75) is 45.6 Å². The Morgan fingerprint density at radius 3 is 2.78 bits per heavy atom. The smallest absolute Gasteiger partial charge is 0.252 e. The molecule has 7 heteroatoms. The molecule has 2 unspecified atom stereocenters. The molecule has 7 nitrogen and oxygen atoms in total. The zero-order valence-corrected chi connectivity index (χ0v) is 18.8. The molecule has 0 spiro atoms.